The minimum atomic E-state index is -4.45. The highest BCUT2D eigenvalue weighted by Crippen LogP contribution is 2.39. The molecule has 0 amide bonds. The Morgan fingerprint density at radius 2 is 2.14 bits per heavy atom. The van der Waals surface area contributed by atoms with Gasteiger partial charge in [-0.1, -0.05) is 43.3 Å². The van der Waals surface area contributed by atoms with Gasteiger partial charge < -0.3 is 5.32 Å². The van der Waals surface area contributed by atoms with Crippen molar-refractivity contribution < 1.29 is 13.2 Å². The summed E-state index contributed by atoms with van der Waals surface area (Å²) in [6.07, 6.45) is -3.53. The van der Waals surface area contributed by atoms with Crippen molar-refractivity contribution in [3.8, 4) is 0 Å². The molecule has 1 heterocycles. The Hall–Kier alpha value is -0.880. The number of rotatable bonds is 3. The predicted octanol–water partition coefficient (Wildman–Crippen LogP) is 5.29. The lowest BCUT2D eigenvalue weighted by Gasteiger charge is -2.15. The van der Waals surface area contributed by atoms with Gasteiger partial charge in [-0.3, -0.25) is 4.99 Å². The topological polar surface area (TPSA) is 24.4 Å². The van der Waals surface area contributed by atoms with Crippen LogP contribution in [0.2, 0.25) is 5.02 Å². The first kappa shape index (κ1) is 16.5. The number of hydrogen-bond acceptors (Lipinski definition) is 3. The second-order valence-electron chi connectivity index (χ2n) is 5.31. The number of anilines is 1. The zero-order chi connectivity index (χ0) is 15.6. The minimum Gasteiger partial charge on any atom is -0.333 e. The largest absolute Gasteiger partial charge is 0.418 e. The molecular formula is C14H16ClF3N2S. The van der Waals surface area contributed by atoms with Crippen molar-refractivity contribution in [2.24, 2.45) is 10.9 Å². The average Bonchev–Trinajstić information content (AvgIpc) is 2.77. The number of thioether (sulfide) groups is 1. The van der Waals surface area contributed by atoms with Crippen LogP contribution < -0.4 is 5.32 Å². The molecule has 1 aliphatic rings. The SMILES string of the molecule is CC(C)CC1CSC(Nc2c(Cl)cccc2C(F)(F)F)=N1. The maximum atomic E-state index is 13.0. The van der Waals surface area contributed by atoms with Gasteiger partial charge in [0.05, 0.1) is 22.3 Å². The van der Waals surface area contributed by atoms with Gasteiger partial charge in [-0.05, 0) is 24.5 Å². The predicted molar refractivity (Wildman–Crippen MR) is 83.2 cm³/mol. The average molecular weight is 337 g/mol. The minimum absolute atomic E-state index is 0.0421. The fourth-order valence-electron chi connectivity index (χ4n) is 2.14. The molecule has 2 rings (SSSR count). The number of alkyl halides is 3. The Kier molecular flexibility index (Phi) is 5.09. The molecule has 0 fully saturated rings. The highest BCUT2D eigenvalue weighted by molar-refractivity contribution is 8.14. The fraction of sp³-hybridized carbons (Fsp3) is 0.500. The first-order valence-corrected chi connectivity index (χ1v) is 7.97. The summed E-state index contributed by atoms with van der Waals surface area (Å²) in [5.41, 5.74) is -0.895. The molecule has 0 aromatic heterocycles. The van der Waals surface area contributed by atoms with E-state index < -0.39 is 11.7 Å². The van der Waals surface area contributed by atoms with E-state index in [0.29, 0.717) is 11.1 Å². The monoisotopic (exact) mass is 336 g/mol. The molecule has 1 aromatic rings. The molecule has 0 saturated heterocycles. The van der Waals surface area contributed by atoms with E-state index in [1.54, 1.807) is 0 Å². The Balaban J connectivity index is 2.21. The van der Waals surface area contributed by atoms with Crippen molar-refractivity contribution in [3.63, 3.8) is 0 Å². The standard InChI is InChI=1S/C14H16ClF3N2S/c1-8(2)6-9-7-21-13(19-9)20-12-10(14(16,17)18)4-3-5-11(12)15/h3-5,8-9H,6-7H2,1-2H3,(H,19,20). The number of aliphatic imine (C=N–C) groups is 1. The molecule has 0 radical (unpaired) electrons. The van der Waals surface area contributed by atoms with Gasteiger partial charge in [0.25, 0.3) is 0 Å². The summed E-state index contributed by atoms with van der Waals surface area (Å²) in [4.78, 5) is 4.43. The first-order chi connectivity index (χ1) is 9.77. The lowest BCUT2D eigenvalue weighted by molar-refractivity contribution is -0.136. The van der Waals surface area contributed by atoms with Gasteiger partial charge in [0.1, 0.15) is 0 Å². The summed E-state index contributed by atoms with van der Waals surface area (Å²) in [6.45, 7) is 4.20. The molecule has 2 nitrogen and oxygen atoms in total. The Morgan fingerprint density at radius 1 is 1.43 bits per heavy atom. The van der Waals surface area contributed by atoms with Crippen molar-refractivity contribution in [1.82, 2.24) is 0 Å². The number of nitrogens with zero attached hydrogens (tertiary/aromatic N) is 1. The zero-order valence-corrected chi connectivity index (χ0v) is 13.2. The molecule has 21 heavy (non-hydrogen) atoms. The van der Waals surface area contributed by atoms with Crippen molar-refractivity contribution in [2.75, 3.05) is 11.1 Å². The maximum absolute atomic E-state index is 13.0. The molecule has 1 N–H and O–H groups in total. The molecule has 7 heteroatoms. The van der Waals surface area contributed by atoms with Crippen LogP contribution in [-0.2, 0) is 6.18 Å². The van der Waals surface area contributed by atoms with Crippen molar-refractivity contribution >= 4 is 34.2 Å². The van der Waals surface area contributed by atoms with Gasteiger partial charge >= 0.3 is 6.18 Å². The van der Waals surface area contributed by atoms with Crippen molar-refractivity contribution in [1.29, 1.82) is 0 Å². The Labute approximate surface area is 131 Å². The highest BCUT2D eigenvalue weighted by atomic mass is 35.5. The van der Waals surface area contributed by atoms with Gasteiger partial charge in [-0.25, -0.2) is 0 Å². The van der Waals surface area contributed by atoms with Gasteiger partial charge in [-0.15, -0.1) is 0 Å². The van der Waals surface area contributed by atoms with E-state index in [-0.39, 0.29) is 16.8 Å². The number of para-hydroxylation sites is 1. The van der Waals surface area contributed by atoms with Crippen molar-refractivity contribution in [3.05, 3.63) is 28.8 Å². The highest BCUT2D eigenvalue weighted by Gasteiger charge is 2.35. The lowest BCUT2D eigenvalue weighted by Crippen LogP contribution is -2.14. The van der Waals surface area contributed by atoms with E-state index in [4.69, 9.17) is 11.6 Å². The summed E-state index contributed by atoms with van der Waals surface area (Å²) in [5, 5.41) is 3.29. The molecular weight excluding hydrogens is 321 g/mol. The molecule has 0 spiro atoms. The maximum Gasteiger partial charge on any atom is 0.418 e. The van der Waals surface area contributed by atoms with Gasteiger partial charge in [0.15, 0.2) is 5.17 Å². The van der Waals surface area contributed by atoms with E-state index in [0.717, 1.165) is 18.2 Å². The summed E-state index contributed by atoms with van der Waals surface area (Å²) in [6, 6.07) is 3.89. The summed E-state index contributed by atoms with van der Waals surface area (Å²) in [5.74, 6) is 1.29. The van der Waals surface area contributed by atoms with Crippen LogP contribution in [0, 0.1) is 5.92 Å². The van der Waals surface area contributed by atoms with Gasteiger partial charge in [0.2, 0.25) is 0 Å². The molecule has 1 aromatic carbocycles. The van der Waals surface area contributed by atoms with Crippen LogP contribution in [0.5, 0.6) is 0 Å². The van der Waals surface area contributed by atoms with Gasteiger partial charge in [-0.2, -0.15) is 13.2 Å². The van der Waals surface area contributed by atoms with E-state index in [9.17, 15) is 13.2 Å². The van der Waals surface area contributed by atoms with E-state index >= 15 is 0 Å². The molecule has 116 valence electrons. The zero-order valence-electron chi connectivity index (χ0n) is 11.7. The van der Waals surface area contributed by atoms with Crippen LogP contribution in [0.15, 0.2) is 23.2 Å². The van der Waals surface area contributed by atoms with Crippen molar-refractivity contribution in [2.45, 2.75) is 32.5 Å². The normalized spacial score (nSPS) is 19.0. The van der Waals surface area contributed by atoms with Crippen LogP contribution in [0.1, 0.15) is 25.8 Å². The number of amidine groups is 1. The third kappa shape index (κ3) is 4.30. The number of halogens is 4. The number of nitrogens with one attached hydrogen (secondary N) is 1. The second kappa shape index (κ2) is 6.48. The Morgan fingerprint density at radius 3 is 2.76 bits per heavy atom. The second-order valence-corrected chi connectivity index (χ2v) is 6.73. The molecule has 0 saturated carbocycles. The van der Waals surface area contributed by atoms with Crippen LogP contribution >= 0.6 is 23.4 Å². The molecule has 1 atom stereocenters. The first-order valence-electron chi connectivity index (χ1n) is 6.60. The fourth-order valence-corrected chi connectivity index (χ4v) is 3.32. The van der Waals surface area contributed by atoms with Crippen LogP contribution in [0.25, 0.3) is 0 Å². The lowest BCUT2D eigenvalue weighted by atomic mass is 10.1. The number of benzene rings is 1. The third-order valence-electron chi connectivity index (χ3n) is 3.01. The molecule has 0 aliphatic carbocycles. The Bertz CT molecular complexity index is 544. The quantitative estimate of drug-likeness (QED) is 0.811. The smallest absolute Gasteiger partial charge is 0.333 e. The summed E-state index contributed by atoms with van der Waals surface area (Å²) < 4.78 is 39.0. The van der Waals surface area contributed by atoms with Gasteiger partial charge in [0, 0.05) is 5.75 Å². The van der Waals surface area contributed by atoms with E-state index in [1.807, 2.05) is 0 Å². The summed E-state index contributed by atoms with van der Waals surface area (Å²) >= 11 is 7.34. The third-order valence-corrected chi connectivity index (χ3v) is 4.35. The summed E-state index contributed by atoms with van der Waals surface area (Å²) in [7, 11) is 0. The molecule has 1 aliphatic heterocycles. The van der Waals surface area contributed by atoms with E-state index in [1.165, 1.54) is 23.9 Å². The molecule has 1 unspecified atom stereocenters. The van der Waals surface area contributed by atoms with Crippen LogP contribution in [0.3, 0.4) is 0 Å². The van der Waals surface area contributed by atoms with E-state index in [2.05, 4.69) is 24.2 Å². The van der Waals surface area contributed by atoms with Crippen LogP contribution in [0.4, 0.5) is 18.9 Å². The molecule has 0 bridgehead atoms. The van der Waals surface area contributed by atoms with Crippen LogP contribution in [-0.4, -0.2) is 17.0 Å². The number of hydrogen-bond donors (Lipinski definition) is 1.